The summed E-state index contributed by atoms with van der Waals surface area (Å²) in [5.41, 5.74) is 7.01. The molecule has 0 spiro atoms. The molecule has 21 heavy (non-hydrogen) atoms. The van der Waals surface area contributed by atoms with Gasteiger partial charge in [0.25, 0.3) is 11.8 Å². The maximum absolute atomic E-state index is 11.6. The van der Waals surface area contributed by atoms with E-state index in [1.807, 2.05) is 25.1 Å². The number of H-pyrrole nitrogens is 1. The van der Waals surface area contributed by atoms with Crippen LogP contribution < -0.4 is 10.9 Å². The predicted octanol–water partition coefficient (Wildman–Crippen LogP) is 2.56. The van der Waals surface area contributed by atoms with E-state index in [-0.39, 0.29) is 0 Å². The Bertz CT molecular complexity index is 678. The lowest BCUT2D eigenvalue weighted by molar-refractivity contribution is -0.117. The minimum atomic E-state index is -0.414. The van der Waals surface area contributed by atoms with Gasteiger partial charge in [-0.2, -0.15) is 0 Å². The number of aromatic amines is 1. The molecule has 1 aromatic carbocycles. The van der Waals surface area contributed by atoms with E-state index >= 15 is 0 Å². The van der Waals surface area contributed by atoms with Gasteiger partial charge in [0, 0.05) is 16.7 Å². The number of rotatable bonds is 3. The van der Waals surface area contributed by atoms with Gasteiger partial charge in [-0.25, -0.2) is 0 Å². The molecule has 0 fully saturated rings. The van der Waals surface area contributed by atoms with Crippen molar-refractivity contribution in [1.29, 1.82) is 0 Å². The van der Waals surface area contributed by atoms with Gasteiger partial charge < -0.3 is 4.98 Å². The van der Waals surface area contributed by atoms with Crippen LogP contribution >= 0.6 is 15.9 Å². The number of nitrogens with one attached hydrogen (secondary N) is 3. The van der Waals surface area contributed by atoms with Crippen LogP contribution in [0.3, 0.4) is 0 Å². The third-order valence-corrected chi connectivity index (χ3v) is 3.40. The fourth-order valence-corrected chi connectivity index (χ4v) is 2.26. The number of hydrogen-bond donors (Lipinski definition) is 3. The number of benzene rings is 1. The first-order chi connectivity index (χ1) is 10.1. The van der Waals surface area contributed by atoms with Crippen LogP contribution in [0.25, 0.3) is 6.08 Å². The highest BCUT2D eigenvalue weighted by Crippen LogP contribution is 2.19. The van der Waals surface area contributed by atoms with Crippen LogP contribution in [0.4, 0.5) is 0 Å². The second-order valence-electron chi connectivity index (χ2n) is 4.39. The van der Waals surface area contributed by atoms with Crippen LogP contribution in [0.15, 0.2) is 47.1 Å². The van der Waals surface area contributed by atoms with E-state index < -0.39 is 11.8 Å². The first-order valence-corrected chi connectivity index (χ1v) is 7.03. The van der Waals surface area contributed by atoms with Gasteiger partial charge in [-0.05, 0) is 42.3 Å². The monoisotopic (exact) mass is 347 g/mol. The summed E-state index contributed by atoms with van der Waals surface area (Å²) in [6.45, 7) is 1.99. The molecular formula is C15H14BrN3O2. The normalized spacial score (nSPS) is 10.6. The molecule has 2 rings (SSSR count). The standard InChI is InChI=1S/C15H14BrN3O2/c1-10-4-5-11(12(16)9-10)6-7-14(20)18-19-15(21)13-3-2-8-17-13/h2-9,17H,1H3,(H,18,20)(H,19,21)/b7-6+. The van der Waals surface area contributed by atoms with Crippen molar-refractivity contribution in [3.63, 3.8) is 0 Å². The van der Waals surface area contributed by atoms with Gasteiger partial charge in [0.05, 0.1) is 0 Å². The number of halogens is 1. The quantitative estimate of drug-likeness (QED) is 0.589. The van der Waals surface area contributed by atoms with Gasteiger partial charge in [0.15, 0.2) is 0 Å². The van der Waals surface area contributed by atoms with Gasteiger partial charge >= 0.3 is 0 Å². The molecule has 1 aromatic heterocycles. The SMILES string of the molecule is Cc1ccc(/C=C/C(=O)NNC(=O)c2ccc[nH]2)c(Br)c1. The average molecular weight is 348 g/mol. The second kappa shape index (κ2) is 6.90. The fourth-order valence-electron chi connectivity index (χ4n) is 1.63. The lowest BCUT2D eigenvalue weighted by Gasteiger charge is -2.04. The number of carbonyl (C=O) groups excluding carboxylic acids is 2. The fraction of sp³-hybridized carbons (Fsp3) is 0.0667. The highest BCUT2D eigenvalue weighted by atomic mass is 79.9. The number of aryl methyl sites for hydroxylation is 1. The van der Waals surface area contributed by atoms with Crippen molar-refractivity contribution in [2.75, 3.05) is 0 Å². The molecule has 1 heterocycles. The summed E-state index contributed by atoms with van der Waals surface area (Å²) in [5.74, 6) is -0.819. The van der Waals surface area contributed by atoms with Gasteiger partial charge in [0.2, 0.25) is 0 Å². The zero-order valence-electron chi connectivity index (χ0n) is 11.3. The first-order valence-electron chi connectivity index (χ1n) is 6.24. The van der Waals surface area contributed by atoms with E-state index in [1.165, 1.54) is 6.08 Å². The lowest BCUT2D eigenvalue weighted by atomic mass is 10.1. The molecule has 5 nitrogen and oxygen atoms in total. The Kier molecular flexibility index (Phi) is 4.94. The van der Waals surface area contributed by atoms with E-state index in [9.17, 15) is 9.59 Å². The van der Waals surface area contributed by atoms with Crippen LogP contribution in [0.1, 0.15) is 21.6 Å². The van der Waals surface area contributed by atoms with Crippen LogP contribution in [0.5, 0.6) is 0 Å². The molecule has 0 aliphatic carbocycles. The lowest BCUT2D eigenvalue weighted by Crippen LogP contribution is -2.40. The van der Waals surface area contributed by atoms with Crippen LogP contribution in [0.2, 0.25) is 0 Å². The first kappa shape index (κ1) is 15.1. The predicted molar refractivity (Wildman–Crippen MR) is 84.3 cm³/mol. The number of amides is 2. The van der Waals surface area contributed by atoms with Gasteiger partial charge in [0.1, 0.15) is 5.69 Å². The molecule has 0 aliphatic rings. The molecule has 6 heteroatoms. The summed E-state index contributed by atoms with van der Waals surface area (Å²) in [5, 5.41) is 0. The van der Waals surface area contributed by atoms with E-state index in [0.717, 1.165) is 15.6 Å². The maximum atomic E-state index is 11.6. The Morgan fingerprint density at radius 2 is 2.05 bits per heavy atom. The Morgan fingerprint density at radius 3 is 2.71 bits per heavy atom. The Hall–Kier alpha value is -2.34. The molecule has 0 saturated carbocycles. The Balaban J connectivity index is 1.89. The van der Waals surface area contributed by atoms with E-state index in [4.69, 9.17) is 0 Å². The highest BCUT2D eigenvalue weighted by Gasteiger charge is 2.05. The molecule has 0 bridgehead atoms. The largest absolute Gasteiger partial charge is 0.357 e. The summed E-state index contributed by atoms with van der Waals surface area (Å²) >= 11 is 3.43. The minimum absolute atomic E-state index is 0.376. The molecule has 0 saturated heterocycles. The van der Waals surface area contributed by atoms with Crippen molar-refractivity contribution in [2.24, 2.45) is 0 Å². The molecule has 2 aromatic rings. The topological polar surface area (TPSA) is 74.0 Å². The van der Waals surface area contributed by atoms with Crippen molar-refractivity contribution < 1.29 is 9.59 Å². The van der Waals surface area contributed by atoms with E-state index in [2.05, 4.69) is 31.8 Å². The van der Waals surface area contributed by atoms with Gasteiger partial charge in [-0.3, -0.25) is 20.4 Å². The summed E-state index contributed by atoms with van der Waals surface area (Å²) in [7, 11) is 0. The van der Waals surface area contributed by atoms with E-state index in [1.54, 1.807) is 24.4 Å². The van der Waals surface area contributed by atoms with Gasteiger partial charge in [-0.1, -0.05) is 28.1 Å². The smallest absolute Gasteiger partial charge is 0.286 e. The molecule has 0 unspecified atom stereocenters. The Labute approximate surface area is 130 Å². The molecule has 2 amide bonds. The summed E-state index contributed by atoms with van der Waals surface area (Å²) < 4.78 is 0.905. The zero-order chi connectivity index (χ0) is 15.2. The van der Waals surface area contributed by atoms with Crippen molar-refractivity contribution >= 4 is 33.8 Å². The molecule has 0 aliphatic heterocycles. The molecule has 108 valence electrons. The van der Waals surface area contributed by atoms with Crippen molar-refractivity contribution in [1.82, 2.24) is 15.8 Å². The summed E-state index contributed by atoms with van der Waals surface area (Å²) in [6.07, 6.45) is 4.65. The van der Waals surface area contributed by atoms with E-state index in [0.29, 0.717) is 5.69 Å². The average Bonchev–Trinajstić information content (AvgIpc) is 2.98. The third-order valence-electron chi connectivity index (χ3n) is 2.71. The summed E-state index contributed by atoms with van der Waals surface area (Å²) in [6, 6.07) is 9.13. The minimum Gasteiger partial charge on any atom is -0.357 e. The molecule has 3 N–H and O–H groups in total. The number of hydrogen-bond acceptors (Lipinski definition) is 2. The molecular weight excluding hydrogens is 334 g/mol. The molecule has 0 radical (unpaired) electrons. The number of carbonyl (C=O) groups is 2. The second-order valence-corrected chi connectivity index (χ2v) is 5.24. The highest BCUT2D eigenvalue weighted by molar-refractivity contribution is 9.10. The molecule has 0 atom stereocenters. The van der Waals surface area contributed by atoms with Crippen molar-refractivity contribution in [2.45, 2.75) is 6.92 Å². The number of hydrazine groups is 1. The van der Waals surface area contributed by atoms with Gasteiger partial charge in [-0.15, -0.1) is 0 Å². The summed E-state index contributed by atoms with van der Waals surface area (Å²) in [4.78, 5) is 26.0. The van der Waals surface area contributed by atoms with Crippen LogP contribution in [-0.2, 0) is 4.79 Å². The van der Waals surface area contributed by atoms with Crippen LogP contribution in [-0.4, -0.2) is 16.8 Å². The third kappa shape index (κ3) is 4.32. The van der Waals surface area contributed by atoms with Crippen molar-refractivity contribution in [3.05, 3.63) is 63.9 Å². The zero-order valence-corrected chi connectivity index (χ0v) is 12.9. The Morgan fingerprint density at radius 1 is 1.24 bits per heavy atom. The van der Waals surface area contributed by atoms with Crippen molar-refractivity contribution in [3.8, 4) is 0 Å². The van der Waals surface area contributed by atoms with Crippen LogP contribution in [0, 0.1) is 6.92 Å². The maximum Gasteiger partial charge on any atom is 0.286 e. The number of aromatic nitrogens is 1.